The standard InChI is InChI=1S/C19H22N4O4/c1-25-16-6-11(7-17(26-2)18(16)27-3)22-19(24)23-12-4-5-15(23)13-9-20-10-21-14(13)8-12/h6-7,9-10,12,15H,4-5,8H2,1-3H3,(H,22,24). The van der Waals surface area contributed by atoms with Crippen LogP contribution in [0.15, 0.2) is 24.7 Å². The van der Waals surface area contributed by atoms with Gasteiger partial charge in [0.15, 0.2) is 11.5 Å². The number of rotatable bonds is 4. The van der Waals surface area contributed by atoms with E-state index in [1.54, 1.807) is 39.8 Å². The Morgan fingerprint density at radius 3 is 2.56 bits per heavy atom. The lowest BCUT2D eigenvalue weighted by Gasteiger charge is -2.35. The number of carbonyl (C=O) groups excluding carboxylic acids is 1. The molecule has 2 amide bonds. The van der Waals surface area contributed by atoms with Crippen LogP contribution in [0.5, 0.6) is 17.2 Å². The van der Waals surface area contributed by atoms with Crippen molar-refractivity contribution in [1.29, 1.82) is 0 Å². The minimum absolute atomic E-state index is 0.0157. The number of methoxy groups -OCH3 is 3. The van der Waals surface area contributed by atoms with Crippen LogP contribution in [-0.4, -0.2) is 48.3 Å². The van der Waals surface area contributed by atoms with E-state index in [1.807, 2.05) is 11.1 Å². The zero-order valence-corrected chi connectivity index (χ0v) is 15.6. The van der Waals surface area contributed by atoms with Crippen molar-refractivity contribution in [2.45, 2.75) is 31.3 Å². The van der Waals surface area contributed by atoms with Crippen molar-refractivity contribution in [2.24, 2.45) is 0 Å². The van der Waals surface area contributed by atoms with E-state index in [9.17, 15) is 4.79 Å². The number of aromatic nitrogens is 2. The highest BCUT2D eigenvalue weighted by molar-refractivity contribution is 5.91. The molecule has 0 radical (unpaired) electrons. The van der Waals surface area contributed by atoms with Gasteiger partial charge in [0.2, 0.25) is 5.75 Å². The second-order valence-electron chi connectivity index (χ2n) is 6.63. The van der Waals surface area contributed by atoms with Gasteiger partial charge in [-0.1, -0.05) is 0 Å². The first-order valence-corrected chi connectivity index (χ1v) is 8.84. The van der Waals surface area contributed by atoms with E-state index in [1.165, 1.54) is 0 Å². The molecule has 0 spiro atoms. The molecular formula is C19H22N4O4. The van der Waals surface area contributed by atoms with Crippen molar-refractivity contribution in [2.75, 3.05) is 26.6 Å². The number of hydrogen-bond donors (Lipinski definition) is 1. The summed E-state index contributed by atoms with van der Waals surface area (Å²) < 4.78 is 16.1. The molecular weight excluding hydrogens is 348 g/mol. The van der Waals surface area contributed by atoms with Crippen LogP contribution in [0.3, 0.4) is 0 Å². The quantitative estimate of drug-likeness (QED) is 0.891. The first-order chi connectivity index (χ1) is 13.2. The first kappa shape index (κ1) is 17.4. The van der Waals surface area contributed by atoms with E-state index in [4.69, 9.17) is 14.2 Å². The lowest BCUT2D eigenvalue weighted by molar-refractivity contribution is 0.178. The number of anilines is 1. The summed E-state index contributed by atoms with van der Waals surface area (Å²) in [5.74, 6) is 1.47. The maximum atomic E-state index is 13.1. The number of nitrogens with one attached hydrogen (secondary N) is 1. The molecule has 1 saturated heterocycles. The average molecular weight is 370 g/mol. The fourth-order valence-electron chi connectivity index (χ4n) is 4.08. The van der Waals surface area contributed by atoms with Gasteiger partial charge < -0.3 is 24.4 Å². The first-order valence-electron chi connectivity index (χ1n) is 8.84. The minimum atomic E-state index is -0.147. The predicted molar refractivity (Wildman–Crippen MR) is 98.5 cm³/mol. The summed E-state index contributed by atoms with van der Waals surface area (Å²) in [7, 11) is 4.64. The molecule has 8 nitrogen and oxygen atoms in total. The maximum absolute atomic E-state index is 13.1. The van der Waals surface area contributed by atoms with E-state index in [0.717, 1.165) is 30.5 Å². The molecule has 2 aromatic rings. The van der Waals surface area contributed by atoms with Crippen LogP contribution in [0, 0.1) is 0 Å². The van der Waals surface area contributed by atoms with Gasteiger partial charge in [0.1, 0.15) is 6.33 Å². The molecule has 2 bridgehead atoms. The van der Waals surface area contributed by atoms with Crippen LogP contribution in [0.2, 0.25) is 0 Å². The highest BCUT2D eigenvalue weighted by Gasteiger charge is 2.43. The molecule has 142 valence electrons. The third-order valence-electron chi connectivity index (χ3n) is 5.27. The summed E-state index contributed by atoms with van der Waals surface area (Å²) in [6.45, 7) is 0. The molecule has 27 heavy (non-hydrogen) atoms. The number of fused-ring (bicyclic) bond motifs is 4. The lowest BCUT2D eigenvalue weighted by Crippen LogP contribution is -2.44. The topological polar surface area (TPSA) is 85.8 Å². The van der Waals surface area contributed by atoms with Gasteiger partial charge in [-0.25, -0.2) is 14.8 Å². The minimum Gasteiger partial charge on any atom is -0.493 e. The fraction of sp³-hybridized carbons (Fsp3) is 0.421. The number of hydrogen-bond acceptors (Lipinski definition) is 6. The molecule has 4 rings (SSSR count). The van der Waals surface area contributed by atoms with Crippen molar-refractivity contribution >= 4 is 11.7 Å². The summed E-state index contributed by atoms with van der Waals surface area (Å²) in [6, 6.07) is 3.47. The zero-order chi connectivity index (χ0) is 19.0. The zero-order valence-electron chi connectivity index (χ0n) is 15.6. The third kappa shape index (κ3) is 2.90. The Hall–Kier alpha value is -3.03. The largest absolute Gasteiger partial charge is 0.493 e. The second kappa shape index (κ2) is 6.94. The summed E-state index contributed by atoms with van der Waals surface area (Å²) in [5, 5.41) is 2.97. The Labute approximate surface area is 157 Å². The van der Waals surface area contributed by atoms with E-state index in [0.29, 0.717) is 22.9 Å². The van der Waals surface area contributed by atoms with Gasteiger partial charge in [-0.15, -0.1) is 0 Å². The molecule has 2 aliphatic rings. The summed E-state index contributed by atoms with van der Waals surface area (Å²) >= 11 is 0. The number of benzene rings is 1. The van der Waals surface area contributed by atoms with E-state index < -0.39 is 0 Å². The van der Waals surface area contributed by atoms with Crippen molar-refractivity contribution in [3.8, 4) is 17.2 Å². The smallest absolute Gasteiger partial charge is 0.322 e. The highest BCUT2D eigenvalue weighted by Crippen LogP contribution is 2.44. The molecule has 1 aromatic heterocycles. The molecule has 2 atom stereocenters. The van der Waals surface area contributed by atoms with Crippen LogP contribution in [0.4, 0.5) is 10.5 Å². The van der Waals surface area contributed by atoms with Gasteiger partial charge in [0, 0.05) is 36.4 Å². The van der Waals surface area contributed by atoms with Gasteiger partial charge >= 0.3 is 6.03 Å². The van der Waals surface area contributed by atoms with Crippen molar-refractivity contribution in [3.05, 3.63) is 35.9 Å². The lowest BCUT2D eigenvalue weighted by atomic mass is 10.00. The number of carbonyl (C=O) groups is 1. The van der Waals surface area contributed by atoms with Crippen LogP contribution in [0.1, 0.15) is 30.1 Å². The Kier molecular flexibility index (Phi) is 4.47. The Bertz CT molecular complexity index is 848. The summed E-state index contributed by atoms with van der Waals surface area (Å²) in [4.78, 5) is 23.5. The van der Waals surface area contributed by atoms with Gasteiger partial charge in [-0.3, -0.25) is 0 Å². The SMILES string of the molecule is COc1cc(NC(=O)N2C3CCC2c2cncnc2C3)cc(OC)c1OC. The number of urea groups is 1. The molecule has 1 fully saturated rings. The van der Waals surface area contributed by atoms with E-state index in [-0.39, 0.29) is 18.1 Å². The number of nitrogens with zero attached hydrogens (tertiary/aromatic N) is 3. The van der Waals surface area contributed by atoms with Crippen molar-refractivity contribution < 1.29 is 19.0 Å². The Morgan fingerprint density at radius 2 is 1.89 bits per heavy atom. The molecule has 8 heteroatoms. The summed E-state index contributed by atoms with van der Waals surface area (Å²) in [5.41, 5.74) is 2.68. The third-order valence-corrected chi connectivity index (χ3v) is 5.27. The predicted octanol–water partition coefficient (Wildman–Crippen LogP) is 2.80. The molecule has 0 aliphatic carbocycles. The van der Waals surface area contributed by atoms with Crippen LogP contribution >= 0.6 is 0 Å². The Morgan fingerprint density at radius 1 is 1.15 bits per heavy atom. The number of ether oxygens (including phenoxy) is 3. The van der Waals surface area contributed by atoms with Gasteiger partial charge in [-0.2, -0.15) is 0 Å². The number of amides is 2. The van der Waals surface area contributed by atoms with E-state index >= 15 is 0 Å². The second-order valence-corrected chi connectivity index (χ2v) is 6.63. The molecule has 0 saturated carbocycles. The Balaban J connectivity index is 1.60. The molecule has 3 heterocycles. The van der Waals surface area contributed by atoms with Crippen LogP contribution in [-0.2, 0) is 6.42 Å². The maximum Gasteiger partial charge on any atom is 0.322 e. The van der Waals surface area contributed by atoms with Gasteiger partial charge in [0.25, 0.3) is 0 Å². The molecule has 1 N–H and O–H groups in total. The fourth-order valence-corrected chi connectivity index (χ4v) is 4.08. The van der Waals surface area contributed by atoms with Crippen LogP contribution in [0.25, 0.3) is 0 Å². The summed E-state index contributed by atoms with van der Waals surface area (Å²) in [6.07, 6.45) is 6.05. The molecule has 1 aromatic carbocycles. The van der Waals surface area contributed by atoms with Crippen LogP contribution < -0.4 is 19.5 Å². The van der Waals surface area contributed by atoms with Gasteiger partial charge in [0.05, 0.1) is 38.8 Å². The van der Waals surface area contributed by atoms with Crippen molar-refractivity contribution in [3.63, 3.8) is 0 Å². The monoisotopic (exact) mass is 370 g/mol. The van der Waals surface area contributed by atoms with Crippen molar-refractivity contribution in [1.82, 2.24) is 14.9 Å². The van der Waals surface area contributed by atoms with Gasteiger partial charge in [-0.05, 0) is 12.8 Å². The molecule has 2 unspecified atom stereocenters. The van der Waals surface area contributed by atoms with E-state index in [2.05, 4.69) is 15.3 Å². The normalized spacial score (nSPS) is 20.0. The highest BCUT2D eigenvalue weighted by atomic mass is 16.5. The average Bonchev–Trinajstić information content (AvgIpc) is 3.02. The molecule has 2 aliphatic heterocycles.